The van der Waals surface area contributed by atoms with Crippen molar-refractivity contribution in [1.82, 2.24) is 9.97 Å². The van der Waals surface area contributed by atoms with Crippen molar-refractivity contribution in [2.75, 3.05) is 11.6 Å². The lowest BCUT2D eigenvalue weighted by molar-refractivity contribution is 0.471. The molecule has 5 heteroatoms. The second kappa shape index (κ2) is 5.73. The van der Waals surface area contributed by atoms with Gasteiger partial charge in [0.05, 0.1) is 17.4 Å². The Labute approximate surface area is 105 Å². The molecule has 1 aromatic heterocycles. The number of hydrogen-bond acceptors (Lipinski definition) is 4. The summed E-state index contributed by atoms with van der Waals surface area (Å²) in [6.45, 7) is 0. The zero-order chi connectivity index (χ0) is 11.4. The van der Waals surface area contributed by atoms with Crippen molar-refractivity contribution in [2.24, 2.45) is 0 Å². The molecule has 0 saturated heterocycles. The summed E-state index contributed by atoms with van der Waals surface area (Å²) < 4.78 is 0. The van der Waals surface area contributed by atoms with E-state index in [1.807, 2.05) is 11.8 Å². The number of rotatable bonds is 3. The lowest BCUT2D eigenvalue weighted by Gasteiger charge is -2.28. The summed E-state index contributed by atoms with van der Waals surface area (Å²) in [5.74, 6) is 0.691. The van der Waals surface area contributed by atoms with E-state index in [1.54, 1.807) is 12.4 Å². The molecule has 16 heavy (non-hydrogen) atoms. The van der Waals surface area contributed by atoms with Gasteiger partial charge in [0.1, 0.15) is 0 Å². The Morgan fingerprint density at radius 1 is 1.38 bits per heavy atom. The summed E-state index contributed by atoms with van der Waals surface area (Å²) in [6.07, 6.45) is 10.5. The van der Waals surface area contributed by atoms with Crippen LogP contribution in [0.15, 0.2) is 12.4 Å². The molecular weight excluding hydrogens is 242 g/mol. The van der Waals surface area contributed by atoms with Gasteiger partial charge in [0.15, 0.2) is 0 Å². The van der Waals surface area contributed by atoms with Crippen molar-refractivity contribution in [2.45, 2.75) is 37.0 Å². The molecule has 1 aliphatic carbocycles. The lowest BCUT2D eigenvalue weighted by Crippen LogP contribution is -2.29. The zero-order valence-electron chi connectivity index (χ0n) is 9.32. The maximum Gasteiger partial charge on any atom is 0.222 e. The van der Waals surface area contributed by atoms with Gasteiger partial charge in [0, 0.05) is 11.3 Å². The maximum atomic E-state index is 5.74. The number of anilines is 1. The fourth-order valence-corrected chi connectivity index (χ4v) is 2.98. The highest BCUT2D eigenvalue weighted by molar-refractivity contribution is 7.99. The smallest absolute Gasteiger partial charge is 0.222 e. The summed E-state index contributed by atoms with van der Waals surface area (Å²) in [7, 11) is 0. The largest absolute Gasteiger partial charge is 0.351 e. The van der Waals surface area contributed by atoms with Crippen molar-refractivity contribution < 1.29 is 0 Å². The lowest BCUT2D eigenvalue weighted by atomic mass is 9.95. The first-order valence-electron chi connectivity index (χ1n) is 5.55. The summed E-state index contributed by atoms with van der Waals surface area (Å²) in [5, 5.41) is 4.73. The first kappa shape index (κ1) is 12.0. The standard InChI is InChI=1S/C11H16ClN3S/c1-16-10-4-2-3-9(5-10)15-11-13-6-8(12)7-14-11/h6-7,9-10H,2-5H2,1H3,(H,13,14,15). The van der Waals surface area contributed by atoms with Crippen LogP contribution in [-0.2, 0) is 0 Å². The molecule has 1 aliphatic rings. The minimum Gasteiger partial charge on any atom is -0.351 e. The predicted molar refractivity (Wildman–Crippen MR) is 70.2 cm³/mol. The van der Waals surface area contributed by atoms with Gasteiger partial charge in [-0.3, -0.25) is 0 Å². The van der Waals surface area contributed by atoms with Crippen LogP contribution in [-0.4, -0.2) is 27.5 Å². The van der Waals surface area contributed by atoms with Crippen LogP contribution in [0.1, 0.15) is 25.7 Å². The van der Waals surface area contributed by atoms with Gasteiger partial charge in [-0.2, -0.15) is 11.8 Å². The fraction of sp³-hybridized carbons (Fsp3) is 0.636. The molecule has 1 heterocycles. The SMILES string of the molecule is CSC1CCCC(Nc2ncc(Cl)cn2)C1. The molecule has 2 atom stereocenters. The molecule has 0 aromatic carbocycles. The first-order valence-corrected chi connectivity index (χ1v) is 7.21. The van der Waals surface area contributed by atoms with E-state index < -0.39 is 0 Å². The molecule has 2 rings (SSSR count). The van der Waals surface area contributed by atoms with Gasteiger partial charge >= 0.3 is 0 Å². The molecule has 0 spiro atoms. The van der Waals surface area contributed by atoms with E-state index in [1.165, 1.54) is 25.7 Å². The zero-order valence-corrected chi connectivity index (χ0v) is 10.9. The normalized spacial score (nSPS) is 25.4. The number of nitrogens with zero attached hydrogens (tertiary/aromatic N) is 2. The van der Waals surface area contributed by atoms with Crippen LogP contribution in [0.3, 0.4) is 0 Å². The molecule has 0 radical (unpaired) electrons. The minimum absolute atomic E-state index is 0.507. The molecule has 0 aliphatic heterocycles. The van der Waals surface area contributed by atoms with Crippen LogP contribution in [0.5, 0.6) is 0 Å². The van der Waals surface area contributed by atoms with Crippen molar-refractivity contribution in [3.63, 3.8) is 0 Å². The minimum atomic E-state index is 0.507. The predicted octanol–water partition coefficient (Wildman–Crippen LogP) is 3.22. The molecule has 1 fully saturated rings. The molecule has 2 unspecified atom stereocenters. The van der Waals surface area contributed by atoms with Crippen molar-refractivity contribution >= 4 is 29.3 Å². The Balaban J connectivity index is 1.91. The average molecular weight is 258 g/mol. The first-order chi connectivity index (χ1) is 7.78. The molecule has 3 nitrogen and oxygen atoms in total. The molecule has 1 N–H and O–H groups in total. The Kier molecular flexibility index (Phi) is 4.29. The molecule has 88 valence electrons. The van der Waals surface area contributed by atoms with Crippen molar-refractivity contribution in [3.8, 4) is 0 Å². The van der Waals surface area contributed by atoms with Crippen LogP contribution in [0.2, 0.25) is 5.02 Å². The fourth-order valence-electron chi connectivity index (χ4n) is 2.06. The molecule has 0 amide bonds. The van der Waals surface area contributed by atoms with Crippen LogP contribution in [0.25, 0.3) is 0 Å². The van der Waals surface area contributed by atoms with Gasteiger partial charge < -0.3 is 5.32 Å². The van der Waals surface area contributed by atoms with Crippen LogP contribution in [0, 0.1) is 0 Å². The van der Waals surface area contributed by atoms with E-state index in [4.69, 9.17) is 11.6 Å². The average Bonchev–Trinajstić information content (AvgIpc) is 2.32. The van der Waals surface area contributed by atoms with Crippen LogP contribution < -0.4 is 5.32 Å². The van der Waals surface area contributed by atoms with Gasteiger partial charge in [0.2, 0.25) is 5.95 Å². The Hall–Kier alpha value is -0.480. The van der Waals surface area contributed by atoms with E-state index in [-0.39, 0.29) is 0 Å². The number of aromatic nitrogens is 2. The maximum absolute atomic E-state index is 5.74. The van der Waals surface area contributed by atoms with E-state index in [0.717, 1.165) is 5.25 Å². The topological polar surface area (TPSA) is 37.8 Å². The third-order valence-corrected chi connectivity index (χ3v) is 4.20. The second-order valence-electron chi connectivity index (χ2n) is 4.09. The number of thioether (sulfide) groups is 1. The Morgan fingerprint density at radius 3 is 2.81 bits per heavy atom. The summed E-state index contributed by atoms with van der Waals surface area (Å²) in [4.78, 5) is 8.32. The van der Waals surface area contributed by atoms with Crippen molar-refractivity contribution in [1.29, 1.82) is 0 Å². The van der Waals surface area contributed by atoms with Crippen LogP contribution >= 0.6 is 23.4 Å². The number of halogens is 1. The molecule has 1 saturated carbocycles. The van der Waals surface area contributed by atoms with Gasteiger partial charge in [0.25, 0.3) is 0 Å². The highest BCUT2D eigenvalue weighted by Gasteiger charge is 2.21. The summed E-state index contributed by atoms with van der Waals surface area (Å²) >= 11 is 7.70. The van der Waals surface area contributed by atoms with Gasteiger partial charge in [-0.15, -0.1) is 0 Å². The number of nitrogens with one attached hydrogen (secondary N) is 1. The number of hydrogen-bond donors (Lipinski definition) is 1. The Bertz CT molecular complexity index is 331. The molecule has 1 aromatic rings. The van der Waals surface area contributed by atoms with Gasteiger partial charge in [-0.1, -0.05) is 18.0 Å². The van der Waals surface area contributed by atoms with Gasteiger partial charge in [-0.05, 0) is 25.5 Å². The monoisotopic (exact) mass is 257 g/mol. The Morgan fingerprint density at radius 2 is 2.12 bits per heavy atom. The van der Waals surface area contributed by atoms with Crippen molar-refractivity contribution in [3.05, 3.63) is 17.4 Å². The third-order valence-electron chi connectivity index (χ3n) is 2.91. The quantitative estimate of drug-likeness (QED) is 0.902. The summed E-state index contributed by atoms with van der Waals surface area (Å²) in [6, 6.07) is 0.507. The third kappa shape index (κ3) is 3.25. The molecule has 0 bridgehead atoms. The summed E-state index contributed by atoms with van der Waals surface area (Å²) in [5.41, 5.74) is 0. The van der Waals surface area contributed by atoms with E-state index in [0.29, 0.717) is 17.0 Å². The second-order valence-corrected chi connectivity index (χ2v) is 5.66. The van der Waals surface area contributed by atoms with E-state index >= 15 is 0 Å². The molecular formula is C11H16ClN3S. The van der Waals surface area contributed by atoms with Gasteiger partial charge in [-0.25, -0.2) is 9.97 Å². The van der Waals surface area contributed by atoms with E-state index in [2.05, 4.69) is 21.5 Å². The highest BCUT2D eigenvalue weighted by Crippen LogP contribution is 2.28. The van der Waals surface area contributed by atoms with E-state index in [9.17, 15) is 0 Å². The van der Waals surface area contributed by atoms with Crippen LogP contribution in [0.4, 0.5) is 5.95 Å². The highest BCUT2D eigenvalue weighted by atomic mass is 35.5.